The molecule has 0 saturated heterocycles. The van der Waals surface area contributed by atoms with Crippen molar-refractivity contribution in [3.8, 4) is 0 Å². The second-order valence-corrected chi connectivity index (χ2v) is 2.86. The number of hydrogen-bond acceptors (Lipinski definition) is 1. The summed E-state index contributed by atoms with van der Waals surface area (Å²) in [6, 6.07) is 0. The first-order chi connectivity index (χ1) is 5.61. The highest BCUT2D eigenvalue weighted by molar-refractivity contribution is 5.22. The van der Waals surface area contributed by atoms with E-state index in [1.54, 1.807) is 6.08 Å². The van der Waals surface area contributed by atoms with Crippen molar-refractivity contribution in [2.45, 2.75) is 13.3 Å². The Kier molecular flexibility index (Phi) is 4.86. The Bertz CT molecular complexity index is 211. The summed E-state index contributed by atoms with van der Waals surface area (Å²) in [6.45, 7) is 13.1. The molecule has 0 saturated carbocycles. The Balaban J connectivity index is 4.20. The zero-order valence-corrected chi connectivity index (χ0v) is 7.72. The van der Waals surface area contributed by atoms with Gasteiger partial charge in [-0.15, -0.1) is 0 Å². The van der Waals surface area contributed by atoms with E-state index in [1.807, 2.05) is 19.1 Å². The van der Waals surface area contributed by atoms with Crippen LogP contribution in [0.3, 0.4) is 0 Å². The normalized spacial score (nSPS) is 13.6. The first-order valence-electron chi connectivity index (χ1n) is 4.00. The lowest BCUT2D eigenvalue weighted by atomic mass is 9.99. The van der Waals surface area contributed by atoms with Crippen molar-refractivity contribution in [2.75, 3.05) is 0 Å². The van der Waals surface area contributed by atoms with Gasteiger partial charge in [-0.1, -0.05) is 44.9 Å². The van der Waals surface area contributed by atoms with Gasteiger partial charge in [0.05, 0.1) is 0 Å². The van der Waals surface area contributed by atoms with Crippen molar-refractivity contribution in [1.82, 2.24) is 0 Å². The molecule has 0 rings (SSSR count). The van der Waals surface area contributed by atoms with Crippen molar-refractivity contribution in [2.24, 2.45) is 11.7 Å². The van der Waals surface area contributed by atoms with Gasteiger partial charge in [-0.3, -0.25) is 0 Å². The van der Waals surface area contributed by atoms with Gasteiger partial charge in [-0.05, 0) is 17.9 Å². The smallest absolute Gasteiger partial charge is 0.00395 e. The van der Waals surface area contributed by atoms with Crippen LogP contribution in [0.5, 0.6) is 0 Å². The minimum atomic E-state index is 0.300. The molecule has 0 radical (unpaired) electrons. The molecular weight excluding hydrogens is 146 g/mol. The molecule has 1 atom stereocenters. The molecule has 12 heavy (non-hydrogen) atoms. The molecule has 0 aromatic heterocycles. The van der Waals surface area contributed by atoms with E-state index in [4.69, 9.17) is 5.73 Å². The highest BCUT2D eigenvalue weighted by atomic mass is 14.6. The first kappa shape index (κ1) is 10.8. The Labute approximate surface area is 75.0 Å². The standard InChI is InChI=1S/C11H17N/c1-5-7-11(6-2)8-9(3)10(4)12/h5-7,9H,1-2,4,8,12H2,3H3/b11-7+/t9-/m0/s1. The molecule has 0 bridgehead atoms. The molecule has 66 valence electrons. The van der Waals surface area contributed by atoms with E-state index in [-0.39, 0.29) is 0 Å². The third-order valence-corrected chi connectivity index (χ3v) is 1.77. The molecule has 0 unspecified atom stereocenters. The Hall–Kier alpha value is -1.24. The van der Waals surface area contributed by atoms with Gasteiger partial charge in [0.1, 0.15) is 0 Å². The fourth-order valence-corrected chi connectivity index (χ4v) is 0.855. The number of allylic oxidation sites excluding steroid dienone is 5. The molecule has 0 aliphatic heterocycles. The number of rotatable bonds is 5. The Morgan fingerprint density at radius 1 is 1.50 bits per heavy atom. The highest BCUT2D eigenvalue weighted by Gasteiger charge is 2.03. The van der Waals surface area contributed by atoms with Crippen LogP contribution < -0.4 is 5.73 Å². The van der Waals surface area contributed by atoms with Crippen molar-refractivity contribution >= 4 is 0 Å². The molecular formula is C11H17N. The third kappa shape index (κ3) is 3.81. The fourth-order valence-electron chi connectivity index (χ4n) is 0.855. The van der Waals surface area contributed by atoms with Crippen LogP contribution in [0.25, 0.3) is 0 Å². The molecule has 0 aliphatic rings. The summed E-state index contributed by atoms with van der Waals surface area (Å²) in [5, 5.41) is 0. The summed E-state index contributed by atoms with van der Waals surface area (Å²) >= 11 is 0. The van der Waals surface area contributed by atoms with Crippen LogP contribution in [-0.4, -0.2) is 0 Å². The fraction of sp³-hybridized carbons (Fsp3) is 0.273. The van der Waals surface area contributed by atoms with Crippen molar-refractivity contribution in [3.05, 3.63) is 49.2 Å². The van der Waals surface area contributed by atoms with E-state index in [1.165, 1.54) is 0 Å². The lowest BCUT2D eigenvalue weighted by molar-refractivity contribution is 0.675. The molecule has 0 heterocycles. The van der Waals surface area contributed by atoms with E-state index < -0.39 is 0 Å². The molecule has 0 spiro atoms. The van der Waals surface area contributed by atoms with Crippen LogP contribution in [0.2, 0.25) is 0 Å². The van der Waals surface area contributed by atoms with E-state index >= 15 is 0 Å². The maximum atomic E-state index is 5.55. The molecule has 0 aromatic rings. The van der Waals surface area contributed by atoms with Crippen molar-refractivity contribution in [3.63, 3.8) is 0 Å². The second kappa shape index (κ2) is 5.42. The summed E-state index contributed by atoms with van der Waals surface area (Å²) in [7, 11) is 0. The van der Waals surface area contributed by atoms with Crippen molar-refractivity contribution in [1.29, 1.82) is 0 Å². The van der Waals surface area contributed by atoms with Gasteiger partial charge in [0.2, 0.25) is 0 Å². The molecule has 0 fully saturated rings. The Morgan fingerprint density at radius 3 is 2.42 bits per heavy atom. The summed E-state index contributed by atoms with van der Waals surface area (Å²) in [6.07, 6.45) is 6.39. The number of hydrogen-bond donors (Lipinski definition) is 1. The van der Waals surface area contributed by atoms with Gasteiger partial charge < -0.3 is 5.73 Å². The topological polar surface area (TPSA) is 26.0 Å². The summed E-state index contributed by atoms with van der Waals surface area (Å²) < 4.78 is 0. The zero-order chi connectivity index (χ0) is 9.56. The molecule has 1 heteroatoms. The molecule has 0 amide bonds. The van der Waals surface area contributed by atoms with Crippen LogP contribution >= 0.6 is 0 Å². The average molecular weight is 163 g/mol. The van der Waals surface area contributed by atoms with Crippen LogP contribution in [0.1, 0.15) is 13.3 Å². The van der Waals surface area contributed by atoms with Gasteiger partial charge in [0.25, 0.3) is 0 Å². The molecule has 0 aliphatic carbocycles. The second-order valence-electron chi connectivity index (χ2n) is 2.86. The van der Waals surface area contributed by atoms with Gasteiger partial charge in [0, 0.05) is 5.70 Å². The minimum Gasteiger partial charge on any atom is -0.402 e. The summed E-state index contributed by atoms with van der Waals surface area (Å²) in [5.41, 5.74) is 7.41. The van der Waals surface area contributed by atoms with Gasteiger partial charge in [-0.2, -0.15) is 0 Å². The third-order valence-electron chi connectivity index (χ3n) is 1.77. The average Bonchev–Trinajstić information content (AvgIpc) is 2.03. The summed E-state index contributed by atoms with van der Waals surface area (Å²) in [5.74, 6) is 0.300. The Morgan fingerprint density at radius 2 is 2.08 bits per heavy atom. The molecule has 1 nitrogen and oxygen atoms in total. The van der Waals surface area contributed by atoms with Gasteiger partial charge in [-0.25, -0.2) is 0 Å². The van der Waals surface area contributed by atoms with Crippen LogP contribution in [0.15, 0.2) is 49.2 Å². The predicted octanol–water partition coefficient (Wildman–Crippen LogP) is 2.78. The maximum absolute atomic E-state index is 5.55. The van der Waals surface area contributed by atoms with Crippen LogP contribution in [0, 0.1) is 5.92 Å². The maximum Gasteiger partial charge on any atom is 0.00395 e. The first-order valence-corrected chi connectivity index (χ1v) is 4.00. The van der Waals surface area contributed by atoms with Gasteiger partial charge >= 0.3 is 0 Å². The van der Waals surface area contributed by atoms with E-state index in [0.29, 0.717) is 11.6 Å². The van der Waals surface area contributed by atoms with E-state index in [2.05, 4.69) is 19.7 Å². The minimum absolute atomic E-state index is 0.300. The number of nitrogens with two attached hydrogens (primary N) is 1. The zero-order valence-electron chi connectivity index (χ0n) is 7.72. The molecule has 2 N–H and O–H groups in total. The lowest BCUT2D eigenvalue weighted by Crippen LogP contribution is -2.07. The van der Waals surface area contributed by atoms with Crippen molar-refractivity contribution < 1.29 is 0 Å². The SMILES string of the molecule is C=C/C=C(\C=C)C[C@H](C)C(=C)N. The predicted molar refractivity (Wildman–Crippen MR) is 55.6 cm³/mol. The lowest BCUT2D eigenvalue weighted by Gasteiger charge is -2.10. The van der Waals surface area contributed by atoms with Gasteiger partial charge in [0.15, 0.2) is 0 Å². The monoisotopic (exact) mass is 163 g/mol. The highest BCUT2D eigenvalue weighted by Crippen LogP contribution is 2.15. The van der Waals surface area contributed by atoms with Crippen LogP contribution in [-0.2, 0) is 0 Å². The van der Waals surface area contributed by atoms with E-state index in [9.17, 15) is 0 Å². The largest absolute Gasteiger partial charge is 0.402 e. The van der Waals surface area contributed by atoms with Crippen LogP contribution in [0.4, 0.5) is 0 Å². The molecule has 0 aromatic carbocycles. The quantitative estimate of drug-likeness (QED) is 0.620. The summed E-state index contributed by atoms with van der Waals surface area (Å²) in [4.78, 5) is 0. The van der Waals surface area contributed by atoms with E-state index in [0.717, 1.165) is 12.0 Å².